The molecule has 0 fully saturated rings. The second-order valence-corrected chi connectivity index (χ2v) is 8.34. The predicted molar refractivity (Wildman–Crippen MR) is 130 cm³/mol. The first-order chi connectivity index (χ1) is 15.8. The van der Waals surface area contributed by atoms with E-state index in [2.05, 4.69) is 35.5 Å². The van der Waals surface area contributed by atoms with Gasteiger partial charge < -0.3 is 20.1 Å². The van der Waals surface area contributed by atoms with E-state index in [1.165, 1.54) is 11.1 Å². The van der Waals surface area contributed by atoms with Crippen LogP contribution in [0, 0.1) is 33.1 Å². The quantitative estimate of drug-likeness (QED) is 0.421. The van der Waals surface area contributed by atoms with Crippen LogP contribution in [0.1, 0.15) is 44.9 Å². The van der Waals surface area contributed by atoms with E-state index in [4.69, 9.17) is 11.2 Å². The van der Waals surface area contributed by atoms with Crippen molar-refractivity contribution in [2.45, 2.75) is 33.2 Å². The average Bonchev–Trinajstić information content (AvgIpc) is 3.11. The van der Waals surface area contributed by atoms with Gasteiger partial charge in [0.1, 0.15) is 6.61 Å². The third kappa shape index (κ3) is 4.02. The van der Waals surface area contributed by atoms with Crippen LogP contribution in [0.4, 0.5) is 4.79 Å². The minimum atomic E-state index is -1.65. The first kappa shape index (κ1) is 22.7. The second-order valence-electron chi connectivity index (χ2n) is 8.34. The molecule has 5 nitrogen and oxygen atoms in total. The zero-order chi connectivity index (χ0) is 23.7. The van der Waals surface area contributed by atoms with Crippen LogP contribution >= 0.6 is 0 Å². The van der Waals surface area contributed by atoms with Crippen LogP contribution in [0.15, 0.2) is 48.5 Å². The summed E-state index contributed by atoms with van der Waals surface area (Å²) in [6.45, 7) is 5.83. The van der Waals surface area contributed by atoms with E-state index < -0.39 is 13.2 Å². The Labute approximate surface area is 194 Å². The SMILES string of the molecule is C#Cc1c(C)c(CNC(=O)OCC2c3ccccc3-c3ccccc32)c(C)c(B(O)O)c1C. The number of fused-ring (bicyclic) bond motifs is 3. The number of terminal acetylenes is 1. The highest BCUT2D eigenvalue weighted by atomic mass is 16.5. The lowest BCUT2D eigenvalue weighted by Crippen LogP contribution is -2.37. The van der Waals surface area contributed by atoms with Gasteiger partial charge in [0.05, 0.1) is 0 Å². The highest BCUT2D eigenvalue weighted by Crippen LogP contribution is 2.44. The molecule has 0 bridgehead atoms. The number of rotatable bonds is 5. The fraction of sp³-hybridized carbons (Fsp3) is 0.222. The molecule has 0 saturated heterocycles. The lowest BCUT2D eigenvalue weighted by molar-refractivity contribution is 0.142. The molecule has 0 radical (unpaired) electrons. The van der Waals surface area contributed by atoms with Gasteiger partial charge in [-0.2, -0.15) is 0 Å². The minimum absolute atomic E-state index is 0.0184. The Kier molecular flexibility index (Phi) is 6.28. The van der Waals surface area contributed by atoms with E-state index in [1.54, 1.807) is 13.8 Å². The molecule has 3 aromatic carbocycles. The Morgan fingerprint density at radius 3 is 2.12 bits per heavy atom. The summed E-state index contributed by atoms with van der Waals surface area (Å²) in [7, 11) is -1.65. The third-order valence-corrected chi connectivity index (χ3v) is 6.62. The van der Waals surface area contributed by atoms with Crippen molar-refractivity contribution in [3.05, 3.63) is 87.5 Å². The topological polar surface area (TPSA) is 78.8 Å². The van der Waals surface area contributed by atoms with Crippen LogP contribution in [0.5, 0.6) is 0 Å². The molecule has 0 atom stereocenters. The van der Waals surface area contributed by atoms with Gasteiger partial charge in [-0.05, 0) is 70.7 Å². The summed E-state index contributed by atoms with van der Waals surface area (Å²) < 4.78 is 5.61. The molecule has 0 saturated carbocycles. The largest absolute Gasteiger partial charge is 0.489 e. The van der Waals surface area contributed by atoms with Gasteiger partial charge in [0, 0.05) is 18.0 Å². The molecule has 166 valence electrons. The molecule has 3 aromatic rings. The van der Waals surface area contributed by atoms with Gasteiger partial charge in [-0.15, -0.1) is 6.42 Å². The number of hydrogen-bond donors (Lipinski definition) is 3. The number of amides is 1. The molecular formula is C27H26BNO4. The van der Waals surface area contributed by atoms with Crippen molar-refractivity contribution in [2.75, 3.05) is 6.61 Å². The first-order valence-electron chi connectivity index (χ1n) is 10.9. The van der Waals surface area contributed by atoms with Crippen molar-refractivity contribution in [1.82, 2.24) is 5.32 Å². The summed E-state index contributed by atoms with van der Waals surface area (Å²) in [5.74, 6) is 2.61. The molecule has 0 aliphatic heterocycles. The third-order valence-electron chi connectivity index (χ3n) is 6.62. The maximum Gasteiger partial charge on any atom is 0.489 e. The fourth-order valence-electron chi connectivity index (χ4n) is 4.97. The maximum absolute atomic E-state index is 12.6. The lowest BCUT2D eigenvalue weighted by atomic mass is 9.70. The van der Waals surface area contributed by atoms with E-state index in [9.17, 15) is 14.8 Å². The second kappa shape index (κ2) is 9.15. The van der Waals surface area contributed by atoms with Gasteiger partial charge in [-0.1, -0.05) is 54.5 Å². The van der Waals surface area contributed by atoms with Crippen molar-refractivity contribution >= 4 is 18.7 Å². The summed E-state index contributed by atoms with van der Waals surface area (Å²) in [4.78, 5) is 12.6. The molecular weight excluding hydrogens is 413 g/mol. The molecule has 3 N–H and O–H groups in total. The predicted octanol–water partition coefficient (Wildman–Crippen LogP) is 3.31. The summed E-state index contributed by atoms with van der Waals surface area (Å²) in [5.41, 5.74) is 8.56. The Bertz CT molecular complexity index is 1230. The number of carbonyl (C=O) groups is 1. The number of ether oxygens (including phenoxy) is 1. The summed E-state index contributed by atoms with van der Waals surface area (Å²) in [5, 5.41) is 22.5. The molecule has 1 aliphatic rings. The molecule has 0 heterocycles. The number of alkyl carbamates (subject to hydrolysis) is 1. The van der Waals surface area contributed by atoms with Crippen molar-refractivity contribution < 1.29 is 19.6 Å². The first-order valence-corrected chi connectivity index (χ1v) is 10.9. The zero-order valence-corrected chi connectivity index (χ0v) is 19.0. The zero-order valence-electron chi connectivity index (χ0n) is 19.0. The van der Waals surface area contributed by atoms with Crippen molar-refractivity contribution in [3.8, 4) is 23.5 Å². The normalized spacial score (nSPS) is 12.0. The smallest absolute Gasteiger partial charge is 0.449 e. The summed E-state index contributed by atoms with van der Waals surface area (Å²) in [6.07, 6.45) is 5.13. The molecule has 4 rings (SSSR count). The highest BCUT2D eigenvalue weighted by molar-refractivity contribution is 6.60. The molecule has 0 aromatic heterocycles. The molecule has 0 spiro atoms. The average molecular weight is 439 g/mol. The number of carbonyl (C=O) groups excluding carboxylic acids is 1. The Morgan fingerprint density at radius 1 is 1.00 bits per heavy atom. The van der Waals surface area contributed by atoms with Crippen LogP contribution in [0.2, 0.25) is 0 Å². The Hall–Kier alpha value is -3.53. The molecule has 0 unspecified atom stereocenters. The lowest BCUT2D eigenvalue weighted by Gasteiger charge is -2.20. The van der Waals surface area contributed by atoms with Crippen LogP contribution < -0.4 is 10.8 Å². The van der Waals surface area contributed by atoms with Gasteiger partial charge >= 0.3 is 13.2 Å². The number of hydrogen-bond acceptors (Lipinski definition) is 4. The van der Waals surface area contributed by atoms with E-state index in [0.717, 1.165) is 22.3 Å². The van der Waals surface area contributed by atoms with Crippen LogP contribution in [-0.2, 0) is 11.3 Å². The van der Waals surface area contributed by atoms with Gasteiger partial charge in [-0.25, -0.2) is 4.79 Å². The Balaban J connectivity index is 1.50. The molecule has 1 aliphatic carbocycles. The minimum Gasteiger partial charge on any atom is -0.449 e. The van der Waals surface area contributed by atoms with Crippen molar-refractivity contribution in [1.29, 1.82) is 0 Å². The molecule has 33 heavy (non-hydrogen) atoms. The summed E-state index contributed by atoms with van der Waals surface area (Å²) >= 11 is 0. The van der Waals surface area contributed by atoms with E-state index >= 15 is 0 Å². The fourth-order valence-corrected chi connectivity index (χ4v) is 4.97. The number of benzene rings is 3. The van der Waals surface area contributed by atoms with Gasteiger partial charge in [-0.3, -0.25) is 0 Å². The molecule has 1 amide bonds. The van der Waals surface area contributed by atoms with Crippen LogP contribution in [0.25, 0.3) is 11.1 Å². The monoisotopic (exact) mass is 439 g/mol. The van der Waals surface area contributed by atoms with Crippen LogP contribution in [-0.4, -0.2) is 29.9 Å². The van der Waals surface area contributed by atoms with Gasteiger partial charge in [0.25, 0.3) is 0 Å². The van der Waals surface area contributed by atoms with E-state index in [-0.39, 0.29) is 19.1 Å². The van der Waals surface area contributed by atoms with E-state index in [0.29, 0.717) is 22.2 Å². The van der Waals surface area contributed by atoms with Gasteiger partial charge in [0.2, 0.25) is 0 Å². The van der Waals surface area contributed by atoms with Crippen molar-refractivity contribution in [3.63, 3.8) is 0 Å². The molecule has 6 heteroatoms. The van der Waals surface area contributed by atoms with Crippen LogP contribution in [0.3, 0.4) is 0 Å². The number of nitrogens with one attached hydrogen (secondary N) is 1. The van der Waals surface area contributed by atoms with E-state index in [1.807, 2.05) is 31.2 Å². The highest BCUT2D eigenvalue weighted by Gasteiger charge is 2.29. The Morgan fingerprint density at radius 2 is 1.58 bits per heavy atom. The summed E-state index contributed by atoms with van der Waals surface area (Å²) in [6, 6.07) is 16.3. The standard InChI is InChI=1S/C27H26BNO4/c1-5-19-16(2)24(18(4)26(17(19)3)28(31)32)14-29-27(30)33-15-25-22-12-8-6-10-20(22)21-11-7-9-13-23(21)25/h1,6-13,25,31-32H,14-15H2,2-4H3,(H,29,30). The van der Waals surface area contributed by atoms with Crippen molar-refractivity contribution in [2.24, 2.45) is 0 Å². The maximum atomic E-state index is 12.6. The van der Waals surface area contributed by atoms with Gasteiger partial charge in [0.15, 0.2) is 0 Å².